The van der Waals surface area contributed by atoms with Gasteiger partial charge in [0.05, 0.1) is 6.04 Å². The van der Waals surface area contributed by atoms with Gasteiger partial charge in [-0.05, 0) is 69.7 Å². The molecule has 1 amide bonds. The first kappa shape index (κ1) is 13.8. The predicted molar refractivity (Wildman–Crippen MR) is 85.4 cm³/mol. The van der Waals surface area contributed by atoms with Crippen molar-refractivity contribution in [1.29, 1.82) is 0 Å². The lowest BCUT2D eigenvalue weighted by Gasteiger charge is -2.28. The number of piperidine rings is 1. The molecule has 1 aromatic heterocycles. The molecule has 1 N–H and O–H groups in total. The van der Waals surface area contributed by atoms with E-state index in [0.29, 0.717) is 23.3 Å². The van der Waals surface area contributed by atoms with E-state index in [1.165, 1.54) is 22.6 Å². The monoisotopic (exact) mass is 304 g/mol. The lowest BCUT2D eigenvalue weighted by molar-refractivity contribution is -0.134. The van der Waals surface area contributed by atoms with E-state index < -0.39 is 0 Å². The number of aryl methyl sites for hydroxylation is 1. The zero-order chi connectivity index (χ0) is 14.4. The molecule has 4 rings (SSSR count). The second kappa shape index (κ2) is 5.10. The van der Waals surface area contributed by atoms with E-state index in [1.807, 2.05) is 11.3 Å². The predicted octanol–water partition coefficient (Wildman–Crippen LogP) is 3.11. The molecule has 3 fully saturated rings. The summed E-state index contributed by atoms with van der Waals surface area (Å²) in [5.74, 6) is 0.770. The molecule has 4 heteroatoms. The molecule has 2 atom stereocenters. The van der Waals surface area contributed by atoms with Crippen LogP contribution in [0.2, 0.25) is 0 Å². The zero-order valence-electron chi connectivity index (χ0n) is 12.7. The lowest BCUT2D eigenvalue weighted by atomic mass is 9.91. The van der Waals surface area contributed by atoms with Crippen LogP contribution in [0.25, 0.3) is 0 Å². The van der Waals surface area contributed by atoms with Crippen molar-refractivity contribution >= 4 is 17.2 Å². The maximum absolute atomic E-state index is 13.0. The second-order valence-electron chi connectivity index (χ2n) is 7.01. The highest BCUT2D eigenvalue weighted by molar-refractivity contribution is 7.12. The van der Waals surface area contributed by atoms with Gasteiger partial charge in [-0.1, -0.05) is 0 Å². The Bertz CT molecular complexity index is 547. The maximum Gasteiger partial charge on any atom is 0.226 e. The molecule has 114 valence electrons. The number of hydrogen-bond donors (Lipinski definition) is 1. The van der Waals surface area contributed by atoms with E-state index in [-0.39, 0.29) is 0 Å². The van der Waals surface area contributed by atoms with Crippen LogP contribution in [0, 0.1) is 18.3 Å². The van der Waals surface area contributed by atoms with E-state index in [9.17, 15) is 4.79 Å². The highest BCUT2D eigenvalue weighted by Crippen LogP contribution is 2.60. The second-order valence-corrected chi connectivity index (χ2v) is 8.33. The summed E-state index contributed by atoms with van der Waals surface area (Å²) in [6.45, 7) is 5.31. The Morgan fingerprint density at radius 3 is 2.90 bits per heavy atom. The highest BCUT2D eigenvalue weighted by atomic mass is 32.1. The molecule has 0 bridgehead atoms. The number of nitrogens with zero attached hydrogens (tertiary/aromatic N) is 1. The molecule has 1 aromatic rings. The summed E-state index contributed by atoms with van der Waals surface area (Å²) in [6.07, 6.45) is 5.84. The zero-order valence-corrected chi connectivity index (χ0v) is 13.5. The number of hydrogen-bond acceptors (Lipinski definition) is 3. The molecule has 1 aliphatic carbocycles. The Hall–Kier alpha value is -0.870. The number of nitrogens with one attached hydrogen (secondary N) is 1. The SMILES string of the molecule is Cc1ccc(C2CCCN2C(=O)C2CC23CCNCC3)s1. The van der Waals surface area contributed by atoms with Crippen LogP contribution >= 0.6 is 11.3 Å². The lowest BCUT2D eigenvalue weighted by Crippen LogP contribution is -2.36. The Kier molecular flexibility index (Phi) is 3.34. The maximum atomic E-state index is 13.0. The number of carbonyl (C=O) groups excluding carboxylic acids is 1. The molecule has 2 unspecified atom stereocenters. The van der Waals surface area contributed by atoms with Crippen molar-refractivity contribution in [3.05, 3.63) is 21.9 Å². The molecule has 2 aliphatic heterocycles. The minimum atomic E-state index is 0.321. The van der Waals surface area contributed by atoms with E-state index in [4.69, 9.17) is 0 Å². The number of rotatable bonds is 2. The Balaban J connectivity index is 1.49. The molecule has 2 saturated heterocycles. The molecule has 0 radical (unpaired) electrons. The quantitative estimate of drug-likeness (QED) is 0.910. The third kappa shape index (κ3) is 2.33. The summed E-state index contributed by atoms with van der Waals surface area (Å²) in [5, 5.41) is 3.42. The number of amides is 1. The first-order valence-electron chi connectivity index (χ1n) is 8.27. The van der Waals surface area contributed by atoms with Gasteiger partial charge in [-0.15, -0.1) is 11.3 Å². The van der Waals surface area contributed by atoms with Crippen LogP contribution in [-0.4, -0.2) is 30.4 Å². The fourth-order valence-electron chi connectivity index (χ4n) is 4.33. The van der Waals surface area contributed by atoms with Gasteiger partial charge in [-0.2, -0.15) is 0 Å². The van der Waals surface area contributed by atoms with Crippen LogP contribution in [0.1, 0.15) is 47.9 Å². The van der Waals surface area contributed by atoms with Crippen LogP contribution in [0.4, 0.5) is 0 Å². The summed E-state index contributed by atoms with van der Waals surface area (Å²) >= 11 is 1.86. The van der Waals surface area contributed by atoms with Crippen molar-refractivity contribution in [3.63, 3.8) is 0 Å². The normalized spacial score (nSPS) is 30.8. The summed E-state index contributed by atoms with van der Waals surface area (Å²) < 4.78 is 0. The topological polar surface area (TPSA) is 32.3 Å². The third-order valence-electron chi connectivity index (χ3n) is 5.71. The fraction of sp³-hybridized carbons (Fsp3) is 0.706. The van der Waals surface area contributed by atoms with Crippen molar-refractivity contribution in [2.45, 2.75) is 45.1 Å². The van der Waals surface area contributed by atoms with Crippen molar-refractivity contribution < 1.29 is 4.79 Å². The van der Waals surface area contributed by atoms with Gasteiger partial charge in [0.25, 0.3) is 0 Å². The first-order valence-corrected chi connectivity index (χ1v) is 9.09. The van der Waals surface area contributed by atoms with Crippen LogP contribution in [0.15, 0.2) is 12.1 Å². The average molecular weight is 304 g/mol. The Morgan fingerprint density at radius 2 is 2.19 bits per heavy atom. The van der Waals surface area contributed by atoms with E-state index in [1.54, 1.807) is 0 Å². The van der Waals surface area contributed by atoms with Gasteiger partial charge in [-0.3, -0.25) is 4.79 Å². The molecule has 1 saturated carbocycles. The smallest absolute Gasteiger partial charge is 0.226 e. The first-order chi connectivity index (χ1) is 10.2. The Morgan fingerprint density at radius 1 is 1.38 bits per heavy atom. The summed E-state index contributed by atoms with van der Waals surface area (Å²) in [5.41, 5.74) is 0.362. The van der Waals surface area contributed by atoms with E-state index in [2.05, 4.69) is 29.3 Å². The minimum absolute atomic E-state index is 0.321. The van der Waals surface area contributed by atoms with E-state index in [0.717, 1.165) is 38.9 Å². The van der Waals surface area contributed by atoms with Gasteiger partial charge in [0, 0.05) is 22.2 Å². The molecular weight excluding hydrogens is 280 g/mol. The number of carbonyl (C=O) groups is 1. The van der Waals surface area contributed by atoms with Crippen molar-refractivity contribution in [2.75, 3.05) is 19.6 Å². The van der Waals surface area contributed by atoms with Crippen LogP contribution in [-0.2, 0) is 4.79 Å². The molecule has 1 spiro atoms. The van der Waals surface area contributed by atoms with Crippen molar-refractivity contribution in [3.8, 4) is 0 Å². The summed E-state index contributed by atoms with van der Waals surface area (Å²) in [4.78, 5) is 17.9. The van der Waals surface area contributed by atoms with Crippen LogP contribution < -0.4 is 5.32 Å². The van der Waals surface area contributed by atoms with Crippen LogP contribution in [0.3, 0.4) is 0 Å². The molecule has 3 aliphatic rings. The summed E-state index contributed by atoms with van der Waals surface area (Å²) in [6, 6.07) is 4.77. The van der Waals surface area contributed by atoms with Gasteiger partial charge < -0.3 is 10.2 Å². The minimum Gasteiger partial charge on any atom is -0.335 e. The van der Waals surface area contributed by atoms with Gasteiger partial charge >= 0.3 is 0 Å². The largest absolute Gasteiger partial charge is 0.335 e. The van der Waals surface area contributed by atoms with Crippen LogP contribution in [0.5, 0.6) is 0 Å². The van der Waals surface area contributed by atoms with E-state index >= 15 is 0 Å². The fourth-order valence-corrected chi connectivity index (χ4v) is 5.36. The van der Waals surface area contributed by atoms with Gasteiger partial charge in [0.15, 0.2) is 0 Å². The standard InChI is InChI=1S/C17H24N2OS/c1-12-4-5-15(21-12)14-3-2-10-19(14)16(20)13-11-17(13)6-8-18-9-7-17/h4-5,13-14,18H,2-3,6-11H2,1H3. The average Bonchev–Trinajstić information content (AvgIpc) is 2.87. The summed E-state index contributed by atoms with van der Waals surface area (Å²) in [7, 11) is 0. The van der Waals surface area contributed by atoms with Gasteiger partial charge in [-0.25, -0.2) is 0 Å². The molecule has 3 heterocycles. The molecule has 21 heavy (non-hydrogen) atoms. The Labute approximate surface area is 130 Å². The van der Waals surface area contributed by atoms with Crippen molar-refractivity contribution in [1.82, 2.24) is 10.2 Å². The number of likely N-dealkylation sites (tertiary alicyclic amines) is 1. The molecule has 0 aromatic carbocycles. The van der Waals surface area contributed by atoms with Gasteiger partial charge in [0.1, 0.15) is 0 Å². The van der Waals surface area contributed by atoms with Crippen molar-refractivity contribution in [2.24, 2.45) is 11.3 Å². The highest BCUT2D eigenvalue weighted by Gasteiger charge is 2.59. The number of thiophene rings is 1. The molecule has 3 nitrogen and oxygen atoms in total. The molecular formula is C17H24N2OS. The van der Waals surface area contributed by atoms with Gasteiger partial charge in [0.2, 0.25) is 5.91 Å². The third-order valence-corrected chi connectivity index (χ3v) is 6.81.